The van der Waals surface area contributed by atoms with Gasteiger partial charge in [0.2, 0.25) is 10.0 Å². The van der Waals surface area contributed by atoms with E-state index in [9.17, 15) is 8.42 Å². The Bertz CT molecular complexity index is 412. The predicted octanol–water partition coefficient (Wildman–Crippen LogP) is 0.485. The van der Waals surface area contributed by atoms with Crippen molar-refractivity contribution < 1.29 is 8.42 Å². The molecule has 0 heterocycles. The summed E-state index contributed by atoms with van der Waals surface area (Å²) in [6.45, 7) is 1.85. The molecule has 5 heteroatoms. The van der Waals surface area contributed by atoms with Gasteiger partial charge in [-0.25, -0.2) is 13.1 Å². The third-order valence-electron chi connectivity index (χ3n) is 1.72. The van der Waals surface area contributed by atoms with Gasteiger partial charge in [-0.2, -0.15) is 0 Å². The molecule has 0 aliphatic rings. The molecule has 3 N–H and O–H groups in total. The molecule has 0 spiro atoms. The summed E-state index contributed by atoms with van der Waals surface area (Å²) in [5, 5.41) is 0. The van der Waals surface area contributed by atoms with Gasteiger partial charge >= 0.3 is 0 Å². The van der Waals surface area contributed by atoms with Crippen LogP contribution in [0, 0.1) is 6.92 Å². The van der Waals surface area contributed by atoms with Crippen molar-refractivity contribution in [1.29, 1.82) is 0 Å². The highest BCUT2D eigenvalue weighted by Gasteiger charge is 2.14. The molecular weight excluding hydrogens is 188 g/mol. The number of sulfonamides is 1. The van der Waals surface area contributed by atoms with Crippen LogP contribution in [0.1, 0.15) is 5.56 Å². The lowest BCUT2D eigenvalue weighted by Crippen LogP contribution is -2.19. The standard InChI is InChI=1S/C8H12N2O2S/c1-6-3-4-8(7(9)5-6)13(11,12)10-2/h3-5,10H,9H2,1-2H3. The van der Waals surface area contributed by atoms with E-state index in [0.29, 0.717) is 0 Å². The molecule has 1 aromatic carbocycles. The Morgan fingerprint density at radius 3 is 2.46 bits per heavy atom. The summed E-state index contributed by atoms with van der Waals surface area (Å²) < 4.78 is 24.9. The van der Waals surface area contributed by atoms with Gasteiger partial charge in [-0.05, 0) is 31.7 Å². The van der Waals surface area contributed by atoms with Crippen LogP contribution in [0.4, 0.5) is 5.69 Å². The van der Waals surface area contributed by atoms with Gasteiger partial charge in [-0.15, -0.1) is 0 Å². The number of aryl methyl sites for hydroxylation is 1. The van der Waals surface area contributed by atoms with Crippen LogP contribution in [0.25, 0.3) is 0 Å². The van der Waals surface area contributed by atoms with Crippen molar-refractivity contribution in [2.45, 2.75) is 11.8 Å². The minimum Gasteiger partial charge on any atom is -0.398 e. The highest BCUT2D eigenvalue weighted by molar-refractivity contribution is 7.89. The van der Waals surface area contributed by atoms with Crippen molar-refractivity contribution in [3.63, 3.8) is 0 Å². The molecule has 0 aliphatic heterocycles. The normalized spacial score (nSPS) is 11.5. The van der Waals surface area contributed by atoms with E-state index >= 15 is 0 Å². The third kappa shape index (κ3) is 1.99. The molecule has 1 aromatic rings. The number of benzene rings is 1. The minimum atomic E-state index is -3.42. The zero-order chi connectivity index (χ0) is 10.1. The molecule has 0 aliphatic carbocycles. The maximum atomic E-state index is 11.3. The first-order valence-electron chi connectivity index (χ1n) is 3.77. The first-order chi connectivity index (χ1) is 5.97. The van der Waals surface area contributed by atoms with Gasteiger partial charge in [-0.1, -0.05) is 6.07 Å². The second-order valence-corrected chi connectivity index (χ2v) is 4.60. The van der Waals surface area contributed by atoms with E-state index in [0.717, 1.165) is 5.56 Å². The topological polar surface area (TPSA) is 72.2 Å². The summed E-state index contributed by atoms with van der Waals surface area (Å²) in [5.74, 6) is 0. The fraction of sp³-hybridized carbons (Fsp3) is 0.250. The zero-order valence-corrected chi connectivity index (χ0v) is 8.35. The lowest BCUT2D eigenvalue weighted by atomic mass is 10.2. The summed E-state index contributed by atoms with van der Waals surface area (Å²) in [6.07, 6.45) is 0. The predicted molar refractivity (Wildman–Crippen MR) is 51.8 cm³/mol. The minimum absolute atomic E-state index is 0.126. The SMILES string of the molecule is CNS(=O)(=O)c1ccc(C)cc1N. The van der Waals surface area contributed by atoms with Crippen molar-refractivity contribution in [2.75, 3.05) is 12.8 Å². The molecule has 1 rings (SSSR count). The van der Waals surface area contributed by atoms with Crippen LogP contribution in [0.3, 0.4) is 0 Å². The van der Waals surface area contributed by atoms with E-state index in [-0.39, 0.29) is 10.6 Å². The monoisotopic (exact) mass is 200 g/mol. The van der Waals surface area contributed by atoms with E-state index in [4.69, 9.17) is 5.73 Å². The number of hydrogen-bond donors (Lipinski definition) is 2. The van der Waals surface area contributed by atoms with Gasteiger partial charge in [0.1, 0.15) is 4.90 Å². The fourth-order valence-corrected chi connectivity index (χ4v) is 1.86. The lowest BCUT2D eigenvalue weighted by molar-refractivity contribution is 0.588. The first-order valence-corrected chi connectivity index (χ1v) is 5.25. The molecule has 0 amide bonds. The number of hydrogen-bond acceptors (Lipinski definition) is 3. The quantitative estimate of drug-likeness (QED) is 0.682. The second kappa shape index (κ2) is 3.35. The highest BCUT2D eigenvalue weighted by Crippen LogP contribution is 2.18. The fourth-order valence-electron chi connectivity index (χ4n) is 1.02. The van der Waals surface area contributed by atoms with Gasteiger partial charge in [0.25, 0.3) is 0 Å². The summed E-state index contributed by atoms with van der Waals surface area (Å²) in [7, 11) is -2.06. The third-order valence-corrected chi connectivity index (χ3v) is 3.21. The summed E-state index contributed by atoms with van der Waals surface area (Å²) in [4.78, 5) is 0.126. The van der Waals surface area contributed by atoms with Crippen LogP contribution in [0.5, 0.6) is 0 Å². The largest absolute Gasteiger partial charge is 0.398 e. The summed E-state index contributed by atoms with van der Waals surface area (Å²) in [5.41, 5.74) is 6.77. The van der Waals surface area contributed by atoms with E-state index < -0.39 is 10.0 Å². The zero-order valence-electron chi connectivity index (χ0n) is 7.53. The smallest absolute Gasteiger partial charge is 0.242 e. The highest BCUT2D eigenvalue weighted by atomic mass is 32.2. The van der Waals surface area contributed by atoms with Crippen LogP contribution >= 0.6 is 0 Å². The van der Waals surface area contributed by atoms with Gasteiger partial charge in [-0.3, -0.25) is 0 Å². The molecule has 13 heavy (non-hydrogen) atoms. The maximum absolute atomic E-state index is 11.3. The average Bonchev–Trinajstić information content (AvgIpc) is 2.03. The molecule has 0 saturated heterocycles. The van der Waals surface area contributed by atoms with Gasteiger partial charge in [0.05, 0.1) is 5.69 Å². The Kier molecular flexibility index (Phi) is 2.58. The molecule has 4 nitrogen and oxygen atoms in total. The van der Waals surface area contributed by atoms with Crippen molar-refractivity contribution in [1.82, 2.24) is 4.72 Å². The molecule has 72 valence electrons. The second-order valence-electron chi connectivity index (χ2n) is 2.75. The Labute approximate surface area is 77.8 Å². The Hall–Kier alpha value is -1.07. The van der Waals surface area contributed by atoms with Crippen molar-refractivity contribution in [3.05, 3.63) is 23.8 Å². The van der Waals surface area contributed by atoms with Crippen LogP contribution in [0.2, 0.25) is 0 Å². The lowest BCUT2D eigenvalue weighted by Gasteiger charge is -2.06. The van der Waals surface area contributed by atoms with Gasteiger partial charge in [0.15, 0.2) is 0 Å². The molecule has 0 aromatic heterocycles. The first kappa shape index (κ1) is 10.0. The molecule has 0 saturated carbocycles. The summed E-state index contributed by atoms with van der Waals surface area (Å²) >= 11 is 0. The van der Waals surface area contributed by atoms with Crippen LogP contribution in [0.15, 0.2) is 23.1 Å². The van der Waals surface area contributed by atoms with Crippen molar-refractivity contribution >= 4 is 15.7 Å². The molecule has 0 atom stereocenters. The van der Waals surface area contributed by atoms with E-state index in [1.165, 1.54) is 13.1 Å². The molecule has 0 bridgehead atoms. The van der Waals surface area contributed by atoms with Crippen LogP contribution < -0.4 is 10.5 Å². The van der Waals surface area contributed by atoms with E-state index in [1.807, 2.05) is 6.92 Å². The van der Waals surface area contributed by atoms with Crippen molar-refractivity contribution in [3.8, 4) is 0 Å². The average molecular weight is 200 g/mol. The molecular formula is C8H12N2O2S. The van der Waals surface area contributed by atoms with Crippen molar-refractivity contribution in [2.24, 2.45) is 0 Å². The van der Waals surface area contributed by atoms with Gasteiger partial charge < -0.3 is 5.73 Å². The van der Waals surface area contributed by atoms with E-state index in [2.05, 4.69) is 4.72 Å². The molecule has 0 fully saturated rings. The number of nitrogen functional groups attached to an aromatic ring is 1. The molecule has 0 radical (unpaired) electrons. The maximum Gasteiger partial charge on any atom is 0.242 e. The molecule has 0 unspecified atom stereocenters. The van der Waals surface area contributed by atoms with E-state index in [1.54, 1.807) is 12.1 Å². The summed E-state index contributed by atoms with van der Waals surface area (Å²) in [6, 6.07) is 4.83. The number of rotatable bonds is 2. The van der Waals surface area contributed by atoms with Crippen LogP contribution in [-0.4, -0.2) is 15.5 Å². The Morgan fingerprint density at radius 2 is 2.00 bits per heavy atom. The van der Waals surface area contributed by atoms with Crippen LogP contribution in [-0.2, 0) is 10.0 Å². The Morgan fingerprint density at radius 1 is 1.38 bits per heavy atom. The Balaban J connectivity index is 3.33. The van der Waals surface area contributed by atoms with Gasteiger partial charge in [0, 0.05) is 0 Å². The number of anilines is 1. The number of nitrogens with two attached hydrogens (primary N) is 1. The number of nitrogens with one attached hydrogen (secondary N) is 1.